The van der Waals surface area contributed by atoms with Crippen molar-refractivity contribution >= 4 is 49.9 Å². The fourth-order valence-electron chi connectivity index (χ4n) is 4.22. The number of hydrogen-bond acceptors (Lipinski definition) is 8. The van der Waals surface area contributed by atoms with E-state index < -0.39 is 16.0 Å². The second-order valence-electron chi connectivity index (χ2n) is 8.58. The molecular formula is C25H24N4O5S2. The van der Waals surface area contributed by atoms with Gasteiger partial charge in [-0.3, -0.25) is 10.2 Å². The summed E-state index contributed by atoms with van der Waals surface area (Å²) < 4.78 is 35.4. The molecule has 1 aliphatic carbocycles. The van der Waals surface area contributed by atoms with Crippen molar-refractivity contribution in [2.45, 2.75) is 37.0 Å². The van der Waals surface area contributed by atoms with Gasteiger partial charge in [-0.25, -0.2) is 0 Å². The zero-order valence-electron chi connectivity index (χ0n) is 19.5. The summed E-state index contributed by atoms with van der Waals surface area (Å²) >= 11 is 1.38. The molecule has 36 heavy (non-hydrogen) atoms. The molecule has 0 unspecified atom stereocenters. The summed E-state index contributed by atoms with van der Waals surface area (Å²) in [7, 11) is -2.52. The molecule has 0 spiro atoms. The average Bonchev–Trinajstić information content (AvgIpc) is 3.32. The first-order valence-electron chi connectivity index (χ1n) is 11.5. The summed E-state index contributed by atoms with van der Waals surface area (Å²) in [5.41, 5.74) is 0.715. The van der Waals surface area contributed by atoms with Crippen LogP contribution in [0.2, 0.25) is 0 Å². The van der Waals surface area contributed by atoms with Gasteiger partial charge in [0.25, 0.3) is 5.91 Å². The van der Waals surface area contributed by atoms with Crippen LogP contribution in [0.15, 0.2) is 69.1 Å². The molecule has 5 rings (SSSR count). The maximum atomic E-state index is 12.7. The molecule has 0 bridgehead atoms. The molecule has 2 heterocycles. The van der Waals surface area contributed by atoms with E-state index in [0.717, 1.165) is 17.9 Å². The molecule has 1 amide bonds. The molecule has 1 fully saturated rings. The number of hydrazone groups is 1. The minimum Gasteiger partial charge on any atom is -0.497 e. The number of carbonyl (C=O) groups is 1. The van der Waals surface area contributed by atoms with Gasteiger partial charge in [0.1, 0.15) is 21.4 Å². The topological polar surface area (TPSA) is 121 Å². The van der Waals surface area contributed by atoms with Gasteiger partial charge in [0.2, 0.25) is 5.17 Å². The van der Waals surface area contributed by atoms with Gasteiger partial charge in [-0.2, -0.15) is 23.5 Å². The first kappa shape index (κ1) is 24.3. The Morgan fingerprint density at radius 2 is 1.69 bits per heavy atom. The summed E-state index contributed by atoms with van der Waals surface area (Å²) in [6.07, 6.45) is 7.25. The molecule has 2 aliphatic heterocycles. The van der Waals surface area contributed by atoms with Crippen molar-refractivity contribution in [3.8, 4) is 11.5 Å². The number of ether oxygens (including phenoxy) is 1. The zero-order chi connectivity index (χ0) is 25.3. The number of carbonyl (C=O) groups excluding carboxylic acids is 1. The fourth-order valence-corrected chi connectivity index (χ4v) is 6.21. The van der Waals surface area contributed by atoms with Crippen LogP contribution in [-0.2, 0) is 14.9 Å². The van der Waals surface area contributed by atoms with Gasteiger partial charge in [-0.1, -0.05) is 31.4 Å². The van der Waals surface area contributed by atoms with E-state index in [1.54, 1.807) is 18.2 Å². The van der Waals surface area contributed by atoms with Crippen LogP contribution in [0, 0.1) is 11.3 Å². The molecule has 11 heteroatoms. The van der Waals surface area contributed by atoms with Crippen LogP contribution < -0.4 is 8.92 Å². The highest BCUT2D eigenvalue weighted by Crippen LogP contribution is 2.36. The predicted octanol–water partition coefficient (Wildman–Crippen LogP) is 4.66. The van der Waals surface area contributed by atoms with Crippen molar-refractivity contribution < 1.29 is 22.1 Å². The number of fused-ring (bicyclic) bond motifs is 1. The third kappa shape index (κ3) is 4.93. The van der Waals surface area contributed by atoms with Gasteiger partial charge in [0.15, 0.2) is 5.84 Å². The molecule has 3 aliphatic rings. The SMILES string of the molecule is COc1ccc(S(=O)(=O)Oc2ccc(/C=C3/C(=N)N4N=C(C5CCCCC5)SC4=NC3=O)cc2)cc1. The van der Waals surface area contributed by atoms with Crippen molar-refractivity contribution in [1.82, 2.24) is 5.01 Å². The Morgan fingerprint density at radius 3 is 2.36 bits per heavy atom. The fraction of sp³-hybridized carbons (Fsp3) is 0.280. The number of nitrogens with one attached hydrogen (secondary N) is 1. The minimum atomic E-state index is -4.02. The van der Waals surface area contributed by atoms with Crippen molar-refractivity contribution in [3.05, 3.63) is 59.7 Å². The maximum Gasteiger partial charge on any atom is 0.339 e. The summed E-state index contributed by atoms with van der Waals surface area (Å²) in [4.78, 5) is 16.9. The van der Waals surface area contributed by atoms with Gasteiger partial charge in [0, 0.05) is 5.92 Å². The first-order chi connectivity index (χ1) is 17.3. The molecule has 9 nitrogen and oxygen atoms in total. The third-order valence-electron chi connectivity index (χ3n) is 6.17. The second-order valence-corrected chi connectivity index (χ2v) is 11.1. The third-order valence-corrected chi connectivity index (χ3v) is 8.50. The van der Waals surface area contributed by atoms with Gasteiger partial charge >= 0.3 is 10.1 Å². The van der Waals surface area contributed by atoms with Crippen molar-refractivity contribution in [1.29, 1.82) is 5.41 Å². The van der Waals surface area contributed by atoms with Gasteiger partial charge in [0.05, 0.1) is 12.7 Å². The van der Waals surface area contributed by atoms with Gasteiger partial charge in [-0.05, 0) is 72.6 Å². The van der Waals surface area contributed by atoms with Crippen LogP contribution in [0.4, 0.5) is 0 Å². The number of amides is 1. The van der Waals surface area contributed by atoms with E-state index >= 15 is 0 Å². The van der Waals surface area contributed by atoms with Gasteiger partial charge < -0.3 is 8.92 Å². The number of aliphatic imine (C=N–C) groups is 1. The monoisotopic (exact) mass is 524 g/mol. The number of hydrogen-bond donors (Lipinski definition) is 1. The Balaban J connectivity index is 1.31. The van der Waals surface area contributed by atoms with Crippen LogP contribution >= 0.6 is 11.8 Å². The lowest BCUT2D eigenvalue weighted by atomic mass is 9.90. The van der Waals surface area contributed by atoms with E-state index in [0.29, 0.717) is 22.4 Å². The van der Waals surface area contributed by atoms with Crippen molar-refractivity contribution in [3.63, 3.8) is 0 Å². The summed E-state index contributed by atoms with van der Waals surface area (Å²) in [6.45, 7) is 0. The van der Waals surface area contributed by atoms with E-state index in [-0.39, 0.29) is 22.1 Å². The van der Waals surface area contributed by atoms with Crippen LogP contribution in [0.3, 0.4) is 0 Å². The van der Waals surface area contributed by atoms with Crippen LogP contribution in [0.25, 0.3) is 6.08 Å². The Morgan fingerprint density at radius 1 is 1.03 bits per heavy atom. The lowest BCUT2D eigenvalue weighted by molar-refractivity contribution is -0.114. The summed E-state index contributed by atoms with van der Waals surface area (Å²) in [5, 5.41) is 15.9. The van der Waals surface area contributed by atoms with E-state index in [1.165, 1.54) is 79.5 Å². The van der Waals surface area contributed by atoms with E-state index in [1.807, 2.05) is 0 Å². The number of nitrogens with zero attached hydrogens (tertiary/aromatic N) is 3. The number of benzene rings is 2. The van der Waals surface area contributed by atoms with E-state index in [9.17, 15) is 13.2 Å². The van der Waals surface area contributed by atoms with Crippen molar-refractivity contribution in [2.75, 3.05) is 7.11 Å². The quantitative estimate of drug-likeness (QED) is 0.431. The molecule has 1 saturated carbocycles. The Bertz CT molecular complexity index is 1390. The van der Waals surface area contributed by atoms with Gasteiger partial charge in [-0.15, -0.1) is 0 Å². The normalized spacial score (nSPS) is 19.7. The molecule has 0 aromatic heterocycles. The summed E-state index contributed by atoms with van der Waals surface area (Å²) in [6, 6.07) is 12.1. The zero-order valence-corrected chi connectivity index (χ0v) is 21.1. The number of methoxy groups -OCH3 is 1. The minimum absolute atomic E-state index is 0.000967. The number of rotatable bonds is 6. The molecule has 186 valence electrons. The van der Waals surface area contributed by atoms with Crippen LogP contribution in [0.5, 0.6) is 11.5 Å². The molecule has 0 radical (unpaired) electrons. The highest BCUT2D eigenvalue weighted by atomic mass is 32.2. The van der Waals surface area contributed by atoms with E-state index in [2.05, 4.69) is 10.1 Å². The second kappa shape index (κ2) is 9.90. The first-order valence-corrected chi connectivity index (χ1v) is 13.8. The molecule has 0 atom stereocenters. The molecule has 1 N–H and O–H groups in total. The lowest BCUT2D eigenvalue weighted by Gasteiger charge is -2.20. The largest absolute Gasteiger partial charge is 0.497 e. The van der Waals surface area contributed by atoms with Crippen LogP contribution in [0.1, 0.15) is 37.7 Å². The van der Waals surface area contributed by atoms with Crippen molar-refractivity contribution in [2.24, 2.45) is 16.0 Å². The Labute approximate surface area is 213 Å². The molecule has 0 saturated heterocycles. The molecule has 2 aromatic rings. The molecular weight excluding hydrogens is 500 g/mol. The maximum absolute atomic E-state index is 12.7. The highest BCUT2D eigenvalue weighted by Gasteiger charge is 2.37. The predicted molar refractivity (Wildman–Crippen MR) is 139 cm³/mol. The van der Waals surface area contributed by atoms with Crippen LogP contribution in [-0.4, -0.2) is 42.5 Å². The Kier molecular flexibility index (Phi) is 6.67. The highest BCUT2D eigenvalue weighted by molar-refractivity contribution is 8.27. The standard InChI is InChI=1S/C25H24N4O5S2/c1-33-18-11-13-20(14-12-18)36(31,32)34-19-9-7-16(8-10-19)15-21-22(26)29-25(27-23(21)30)35-24(28-29)17-5-3-2-4-6-17/h7-15,17,26H,2-6H2,1H3/b21-15-,26-22?. The molecule has 2 aromatic carbocycles. The lowest BCUT2D eigenvalue weighted by Crippen LogP contribution is -2.35. The Hall–Kier alpha value is -3.44. The van der Waals surface area contributed by atoms with E-state index in [4.69, 9.17) is 14.3 Å². The summed E-state index contributed by atoms with van der Waals surface area (Å²) in [5.74, 6) is 0.492. The number of thioether (sulfide) groups is 1. The number of amidine groups is 2. The average molecular weight is 525 g/mol. The smallest absolute Gasteiger partial charge is 0.339 e.